The zero-order valence-corrected chi connectivity index (χ0v) is 13.1. The van der Waals surface area contributed by atoms with E-state index in [-0.39, 0.29) is 0 Å². The molecule has 2 nitrogen and oxygen atoms in total. The van der Waals surface area contributed by atoms with Crippen molar-refractivity contribution in [3.05, 3.63) is 0 Å². The molecule has 17 heavy (non-hydrogen) atoms. The summed E-state index contributed by atoms with van der Waals surface area (Å²) >= 11 is 0. The Morgan fingerprint density at radius 3 is 2.00 bits per heavy atom. The van der Waals surface area contributed by atoms with Crippen molar-refractivity contribution in [3.8, 4) is 0 Å². The van der Waals surface area contributed by atoms with Crippen molar-refractivity contribution in [3.63, 3.8) is 0 Å². The Balaban J connectivity index is 3.54. The minimum absolute atomic E-state index is 0.686. The number of unbranched alkanes of at least 4 members (excludes halogenated alkanes) is 5. The summed E-state index contributed by atoms with van der Waals surface area (Å²) in [6.07, 6.45) is 8.37. The van der Waals surface area contributed by atoms with Crippen molar-refractivity contribution in [2.75, 3.05) is 41.3 Å². The second kappa shape index (κ2) is 8.93. The molecular weight excluding hydrogens is 208 g/mol. The standard InChI is InChI=1S/C15H35N2/c1-7-8-9-10-11-12-13-16(3)15(2)14-17(4,5)6/h15H,7-14H2,1-6H3/q+1. The van der Waals surface area contributed by atoms with E-state index in [4.69, 9.17) is 0 Å². The third kappa shape index (κ3) is 10.8. The monoisotopic (exact) mass is 243 g/mol. The van der Waals surface area contributed by atoms with Crippen LogP contribution in [0.1, 0.15) is 52.4 Å². The predicted octanol–water partition coefficient (Wildman–Crippen LogP) is 3.37. The molecule has 0 aromatic carbocycles. The van der Waals surface area contributed by atoms with E-state index in [1.165, 1.54) is 51.6 Å². The van der Waals surface area contributed by atoms with Gasteiger partial charge in [-0.3, -0.25) is 4.90 Å². The topological polar surface area (TPSA) is 3.24 Å². The van der Waals surface area contributed by atoms with Crippen LogP contribution in [0.15, 0.2) is 0 Å². The van der Waals surface area contributed by atoms with Gasteiger partial charge in [0.15, 0.2) is 0 Å². The fraction of sp³-hybridized carbons (Fsp3) is 1.00. The first kappa shape index (κ1) is 16.9. The summed E-state index contributed by atoms with van der Waals surface area (Å²) in [7, 11) is 9.09. The number of hydrogen-bond donors (Lipinski definition) is 0. The lowest BCUT2D eigenvalue weighted by atomic mass is 10.1. The highest BCUT2D eigenvalue weighted by atomic mass is 15.3. The molecule has 0 aromatic heterocycles. The molecule has 0 rings (SSSR count). The average molecular weight is 243 g/mol. The average Bonchev–Trinajstić information content (AvgIpc) is 2.20. The quantitative estimate of drug-likeness (QED) is 0.420. The maximum atomic E-state index is 2.52. The molecule has 0 aliphatic rings. The summed E-state index contributed by atoms with van der Waals surface area (Å²) in [5.41, 5.74) is 0. The second-order valence-corrected chi connectivity index (χ2v) is 6.57. The highest BCUT2D eigenvalue weighted by molar-refractivity contribution is 4.62. The summed E-state index contributed by atoms with van der Waals surface area (Å²) in [5.74, 6) is 0. The van der Waals surface area contributed by atoms with E-state index in [1.54, 1.807) is 0 Å². The van der Waals surface area contributed by atoms with Crippen LogP contribution in [0.3, 0.4) is 0 Å². The van der Waals surface area contributed by atoms with E-state index in [1.807, 2.05) is 0 Å². The van der Waals surface area contributed by atoms with Gasteiger partial charge in [-0.25, -0.2) is 0 Å². The molecule has 0 spiro atoms. The fourth-order valence-electron chi connectivity index (χ4n) is 2.29. The molecule has 0 amide bonds. The Labute approximate surface area is 110 Å². The molecule has 0 saturated carbocycles. The molecule has 1 atom stereocenters. The lowest BCUT2D eigenvalue weighted by Gasteiger charge is -2.32. The summed E-state index contributed by atoms with van der Waals surface area (Å²) in [6.45, 7) is 7.11. The van der Waals surface area contributed by atoms with Crippen molar-refractivity contribution in [2.24, 2.45) is 0 Å². The van der Waals surface area contributed by atoms with E-state index in [9.17, 15) is 0 Å². The van der Waals surface area contributed by atoms with Crippen molar-refractivity contribution < 1.29 is 4.48 Å². The normalized spacial score (nSPS) is 14.3. The first-order valence-electron chi connectivity index (χ1n) is 7.37. The fourth-order valence-corrected chi connectivity index (χ4v) is 2.29. The molecule has 104 valence electrons. The van der Waals surface area contributed by atoms with Crippen LogP contribution >= 0.6 is 0 Å². The Hall–Kier alpha value is -0.0800. The van der Waals surface area contributed by atoms with E-state index in [0.717, 1.165) is 4.48 Å². The number of likely N-dealkylation sites (N-methyl/N-ethyl adjacent to an activating group) is 2. The zero-order valence-electron chi connectivity index (χ0n) is 13.1. The minimum atomic E-state index is 0.686. The highest BCUT2D eigenvalue weighted by Gasteiger charge is 2.16. The molecule has 0 aliphatic carbocycles. The molecule has 0 aromatic rings. The number of quaternary nitrogens is 1. The van der Waals surface area contributed by atoms with Crippen LogP contribution in [0.2, 0.25) is 0 Å². The van der Waals surface area contributed by atoms with Crippen molar-refractivity contribution in [2.45, 2.75) is 58.4 Å². The molecule has 0 heterocycles. The van der Waals surface area contributed by atoms with Gasteiger partial charge in [-0.15, -0.1) is 0 Å². The van der Waals surface area contributed by atoms with E-state index in [0.29, 0.717) is 6.04 Å². The summed E-state index contributed by atoms with van der Waals surface area (Å²) in [6, 6.07) is 0.686. The van der Waals surface area contributed by atoms with Gasteiger partial charge in [-0.2, -0.15) is 0 Å². The SMILES string of the molecule is CCCCCCCCN(C)C(C)C[N+](C)(C)C. The molecule has 0 aliphatic heterocycles. The van der Waals surface area contributed by atoms with Gasteiger partial charge in [-0.1, -0.05) is 39.0 Å². The van der Waals surface area contributed by atoms with Crippen molar-refractivity contribution in [1.29, 1.82) is 0 Å². The lowest BCUT2D eigenvalue weighted by molar-refractivity contribution is -0.872. The smallest absolute Gasteiger partial charge is 0.0935 e. The van der Waals surface area contributed by atoms with Gasteiger partial charge in [0, 0.05) is 0 Å². The van der Waals surface area contributed by atoms with Gasteiger partial charge in [0.1, 0.15) is 0 Å². The molecule has 0 bridgehead atoms. The lowest BCUT2D eigenvalue weighted by Crippen LogP contribution is -2.46. The predicted molar refractivity (Wildman–Crippen MR) is 78.4 cm³/mol. The van der Waals surface area contributed by atoms with Crippen molar-refractivity contribution in [1.82, 2.24) is 4.90 Å². The minimum Gasteiger partial charge on any atom is -0.330 e. The van der Waals surface area contributed by atoms with Crippen LogP contribution < -0.4 is 0 Å². The molecule has 2 heteroatoms. The molecule has 0 radical (unpaired) electrons. The number of rotatable bonds is 10. The van der Waals surface area contributed by atoms with Gasteiger partial charge in [0.05, 0.1) is 33.7 Å². The van der Waals surface area contributed by atoms with Gasteiger partial charge in [0.2, 0.25) is 0 Å². The summed E-state index contributed by atoms with van der Waals surface area (Å²) in [4.78, 5) is 2.52. The number of hydrogen-bond acceptors (Lipinski definition) is 1. The first-order chi connectivity index (χ1) is 7.87. The maximum absolute atomic E-state index is 2.52. The Bertz CT molecular complexity index is 172. The zero-order chi connectivity index (χ0) is 13.3. The van der Waals surface area contributed by atoms with E-state index in [2.05, 4.69) is 46.9 Å². The maximum Gasteiger partial charge on any atom is 0.0935 e. The van der Waals surface area contributed by atoms with E-state index < -0.39 is 0 Å². The van der Waals surface area contributed by atoms with Gasteiger partial charge >= 0.3 is 0 Å². The summed E-state index contributed by atoms with van der Waals surface area (Å²) in [5, 5.41) is 0. The van der Waals surface area contributed by atoms with Crippen LogP contribution in [-0.2, 0) is 0 Å². The summed E-state index contributed by atoms with van der Waals surface area (Å²) < 4.78 is 1.06. The van der Waals surface area contributed by atoms with Gasteiger partial charge in [-0.05, 0) is 26.9 Å². The molecule has 0 N–H and O–H groups in total. The Kier molecular flexibility index (Phi) is 8.89. The third-order valence-electron chi connectivity index (χ3n) is 3.43. The molecule has 1 unspecified atom stereocenters. The van der Waals surface area contributed by atoms with Crippen LogP contribution in [-0.4, -0.2) is 56.7 Å². The molecule has 0 fully saturated rings. The highest BCUT2D eigenvalue weighted by Crippen LogP contribution is 2.07. The van der Waals surface area contributed by atoms with E-state index >= 15 is 0 Å². The first-order valence-corrected chi connectivity index (χ1v) is 7.37. The van der Waals surface area contributed by atoms with Crippen LogP contribution in [0.25, 0.3) is 0 Å². The third-order valence-corrected chi connectivity index (χ3v) is 3.43. The largest absolute Gasteiger partial charge is 0.330 e. The number of nitrogens with zero attached hydrogens (tertiary/aromatic N) is 2. The second-order valence-electron chi connectivity index (χ2n) is 6.57. The van der Waals surface area contributed by atoms with Gasteiger partial charge < -0.3 is 4.48 Å². The Morgan fingerprint density at radius 2 is 1.47 bits per heavy atom. The van der Waals surface area contributed by atoms with Gasteiger partial charge in [0.25, 0.3) is 0 Å². The van der Waals surface area contributed by atoms with Crippen LogP contribution in [0.4, 0.5) is 0 Å². The van der Waals surface area contributed by atoms with Crippen LogP contribution in [0.5, 0.6) is 0 Å². The Morgan fingerprint density at radius 1 is 0.941 bits per heavy atom. The van der Waals surface area contributed by atoms with Crippen molar-refractivity contribution >= 4 is 0 Å². The van der Waals surface area contributed by atoms with Crippen LogP contribution in [0, 0.1) is 0 Å². The molecule has 0 saturated heterocycles. The molecular formula is C15H35N2+.